The zero-order valence-electron chi connectivity index (χ0n) is 10.9. The molecule has 1 aliphatic carbocycles. The lowest BCUT2D eigenvalue weighted by Gasteiger charge is -2.26. The van der Waals surface area contributed by atoms with Crippen LogP contribution in [0.2, 0.25) is 0 Å². The third-order valence-electron chi connectivity index (χ3n) is 3.86. The van der Waals surface area contributed by atoms with Gasteiger partial charge in [-0.2, -0.15) is 0 Å². The Kier molecular flexibility index (Phi) is 6.37. The fraction of sp³-hybridized carbons (Fsp3) is 0.500. The van der Waals surface area contributed by atoms with Gasteiger partial charge in [0.1, 0.15) is 0 Å². The molecule has 0 spiro atoms. The average Bonchev–Trinajstić information content (AvgIpc) is 2.89. The highest BCUT2D eigenvalue weighted by molar-refractivity contribution is 14.1. The van der Waals surface area contributed by atoms with Gasteiger partial charge in [-0.05, 0) is 92.7 Å². The summed E-state index contributed by atoms with van der Waals surface area (Å²) in [5, 5.41) is 12.6. The number of rotatable bonds is 4. The molecular weight excluding hydrogens is 595 g/mol. The Balaban J connectivity index is 2.09. The summed E-state index contributed by atoms with van der Waals surface area (Å²) >= 11 is 6.70. The van der Waals surface area contributed by atoms with Crippen molar-refractivity contribution < 1.29 is 9.90 Å². The Bertz CT molecular complexity index is 513. The molecule has 0 atom stereocenters. The Labute approximate surface area is 160 Å². The predicted molar refractivity (Wildman–Crippen MR) is 105 cm³/mol. The van der Waals surface area contributed by atoms with Crippen LogP contribution < -0.4 is 5.32 Å². The number of hydrogen-bond donors (Lipinski definition) is 2. The smallest absolute Gasteiger partial charge is 0.252 e. The summed E-state index contributed by atoms with van der Waals surface area (Å²) in [5.41, 5.74) is 0.629. The largest absolute Gasteiger partial charge is 0.396 e. The molecule has 6 heteroatoms. The molecule has 2 N–H and O–H groups in total. The standard InChI is InChI=1S/C14H16I3NO2/c15-9-5-10(12(17)11(16)6-9)13(20)18-7-14(8-19)3-1-2-4-14/h5-6,19H,1-4,7-8H2,(H,18,20). The second-order valence-corrected chi connectivity index (χ2v) is 8.78. The van der Waals surface area contributed by atoms with Crippen LogP contribution in [0.5, 0.6) is 0 Å². The summed E-state index contributed by atoms with van der Waals surface area (Å²) in [5.74, 6) is -0.0365. The number of aliphatic hydroxyl groups is 1. The van der Waals surface area contributed by atoms with Crippen LogP contribution in [0.3, 0.4) is 0 Å². The van der Waals surface area contributed by atoms with E-state index < -0.39 is 0 Å². The first-order valence-corrected chi connectivity index (χ1v) is 9.75. The molecule has 1 amide bonds. The number of nitrogens with one attached hydrogen (secondary N) is 1. The highest BCUT2D eigenvalue weighted by atomic mass is 127. The molecule has 0 aromatic heterocycles. The number of carbonyl (C=O) groups excluding carboxylic acids is 1. The van der Waals surface area contributed by atoms with Crippen LogP contribution in [0.1, 0.15) is 36.0 Å². The first-order chi connectivity index (χ1) is 9.47. The molecule has 1 fully saturated rings. The minimum absolute atomic E-state index is 0.0365. The molecule has 0 aliphatic heterocycles. The summed E-state index contributed by atoms with van der Waals surface area (Å²) in [4.78, 5) is 12.4. The summed E-state index contributed by atoms with van der Waals surface area (Å²) < 4.78 is 3.15. The van der Waals surface area contributed by atoms with Crippen molar-refractivity contribution in [1.82, 2.24) is 5.32 Å². The van der Waals surface area contributed by atoms with E-state index >= 15 is 0 Å². The highest BCUT2D eigenvalue weighted by Crippen LogP contribution is 2.37. The van der Waals surface area contributed by atoms with Crippen LogP contribution in [0.25, 0.3) is 0 Å². The van der Waals surface area contributed by atoms with Crippen molar-refractivity contribution >= 4 is 73.7 Å². The normalized spacial score (nSPS) is 17.2. The van der Waals surface area contributed by atoms with E-state index in [9.17, 15) is 9.90 Å². The Hall–Kier alpha value is 0.840. The van der Waals surface area contributed by atoms with Crippen LogP contribution in [0.15, 0.2) is 12.1 Å². The van der Waals surface area contributed by atoms with E-state index in [4.69, 9.17) is 0 Å². The number of amides is 1. The first-order valence-electron chi connectivity index (χ1n) is 6.51. The maximum absolute atomic E-state index is 12.4. The van der Waals surface area contributed by atoms with Gasteiger partial charge in [-0.25, -0.2) is 0 Å². The molecule has 1 aromatic rings. The Morgan fingerprint density at radius 3 is 2.50 bits per heavy atom. The molecule has 3 nitrogen and oxygen atoms in total. The van der Waals surface area contributed by atoms with Crippen molar-refractivity contribution in [2.45, 2.75) is 25.7 Å². The fourth-order valence-corrected chi connectivity index (χ4v) is 5.00. The SMILES string of the molecule is O=C(NCC1(CO)CCCC1)c1cc(I)cc(I)c1I. The molecule has 20 heavy (non-hydrogen) atoms. The van der Waals surface area contributed by atoms with E-state index in [1.165, 1.54) is 0 Å². The topological polar surface area (TPSA) is 49.3 Å². The molecule has 1 saturated carbocycles. The summed E-state index contributed by atoms with van der Waals surface area (Å²) in [7, 11) is 0. The van der Waals surface area contributed by atoms with Crippen LogP contribution >= 0.6 is 67.8 Å². The van der Waals surface area contributed by atoms with Gasteiger partial charge in [-0.15, -0.1) is 0 Å². The van der Waals surface area contributed by atoms with Gasteiger partial charge in [-0.1, -0.05) is 12.8 Å². The minimum atomic E-state index is -0.101. The van der Waals surface area contributed by atoms with Crippen LogP contribution in [0.4, 0.5) is 0 Å². The van der Waals surface area contributed by atoms with Crippen LogP contribution in [-0.4, -0.2) is 24.2 Å². The van der Waals surface area contributed by atoms with Crippen molar-refractivity contribution in [3.63, 3.8) is 0 Å². The lowest BCUT2D eigenvalue weighted by molar-refractivity contribution is 0.0879. The van der Waals surface area contributed by atoms with E-state index in [2.05, 4.69) is 79.2 Å². The van der Waals surface area contributed by atoms with Crippen LogP contribution in [-0.2, 0) is 0 Å². The summed E-state index contributed by atoms with van der Waals surface area (Å²) in [6, 6.07) is 3.98. The zero-order chi connectivity index (χ0) is 14.8. The second kappa shape index (κ2) is 7.40. The quantitative estimate of drug-likeness (QED) is 0.403. The van der Waals surface area contributed by atoms with Crippen molar-refractivity contribution in [1.29, 1.82) is 0 Å². The lowest BCUT2D eigenvalue weighted by Crippen LogP contribution is -2.38. The maximum Gasteiger partial charge on any atom is 0.252 e. The van der Waals surface area contributed by atoms with Gasteiger partial charge in [0.15, 0.2) is 0 Å². The monoisotopic (exact) mass is 611 g/mol. The van der Waals surface area contributed by atoms with E-state index in [1.807, 2.05) is 6.07 Å². The molecule has 2 rings (SSSR count). The molecule has 0 saturated heterocycles. The highest BCUT2D eigenvalue weighted by Gasteiger charge is 2.33. The molecule has 1 aliphatic rings. The lowest BCUT2D eigenvalue weighted by atomic mass is 9.87. The molecule has 0 bridgehead atoms. The third-order valence-corrected chi connectivity index (χ3v) is 7.53. The summed E-state index contributed by atoms with van der Waals surface area (Å²) in [6.07, 6.45) is 4.31. The molecule has 0 heterocycles. The number of aliphatic hydroxyl groups excluding tert-OH is 1. The van der Waals surface area contributed by atoms with E-state index in [0.29, 0.717) is 6.54 Å². The van der Waals surface area contributed by atoms with Gasteiger partial charge in [-0.3, -0.25) is 4.79 Å². The molecule has 110 valence electrons. The maximum atomic E-state index is 12.4. The predicted octanol–water partition coefficient (Wildman–Crippen LogP) is 3.78. The minimum Gasteiger partial charge on any atom is -0.396 e. The zero-order valence-corrected chi connectivity index (χ0v) is 17.4. The molecule has 1 aromatic carbocycles. The Morgan fingerprint density at radius 2 is 1.90 bits per heavy atom. The van der Waals surface area contributed by atoms with E-state index in [1.54, 1.807) is 0 Å². The number of halogens is 3. The van der Waals surface area contributed by atoms with Gasteiger partial charge in [0.2, 0.25) is 0 Å². The van der Waals surface area contributed by atoms with Crippen LogP contribution in [0, 0.1) is 16.1 Å². The van der Waals surface area contributed by atoms with E-state index in [-0.39, 0.29) is 17.9 Å². The number of benzene rings is 1. The van der Waals surface area contributed by atoms with Gasteiger partial charge in [0.05, 0.1) is 12.2 Å². The van der Waals surface area contributed by atoms with Gasteiger partial charge < -0.3 is 10.4 Å². The van der Waals surface area contributed by atoms with Crippen molar-refractivity contribution in [3.8, 4) is 0 Å². The summed E-state index contributed by atoms with van der Waals surface area (Å²) in [6.45, 7) is 0.731. The molecule has 0 unspecified atom stereocenters. The van der Waals surface area contributed by atoms with E-state index in [0.717, 1.165) is 42.0 Å². The fourth-order valence-electron chi connectivity index (χ4n) is 2.60. The van der Waals surface area contributed by atoms with Crippen molar-refractivity contribution in [3.05, 3.63) is 28.4 Å². The number of hydrogen-bond acceptors (Lipinski definition) is 2. The molecule has 0 radical (unpaired) electrons. The first kappa shape index (κ1) is 17.2. The van der Waals surface area contributed by atoms with Gasteiger partial charge >= 0.3 is 0 Å². The molecular formula is C14H16I3NO2. The third kappa shape index (κ3) is 3.97. The number of carbonyl (C=O) groups is 1. The average molecular weight is 611 g/mol. The Morgan fingerprint density at radius 1 is 1.25 bits per heavy atom. The second-order valence-electron chi connectivity index (χ2n) is 5.30. The van der Waals surface area contributed by atoms with Crippen molar-refractivity contribution in [2.24, 2.45) is 5.41 Å². The van der Waals surface area contributed by atoms with Crippen molar-refractivity contribution in [2.75, 3.05) is 13.2 Å². The van der Waals surface area contributed by atoms with Gasteiger partial charge in [0.25, 0.3) is 5.91 Å². The van der Waals surface area contributed by atoms with Gasteiger partial charge in [0, 0.05) is 22.7 Å².